The third-order valence-corrected chi connectivity index (χ3v) is 6.15. The Kier molecular flexibility index (Phi) is 18.4. The van der Waals surface area contributed by atoms with Crippen molar-refractivity contribution in [1.29, 1.82) is 0 Å². The molecule has 0 spiro atoms. The topological polar surface area (TPSA) is 0 Å². The second-order valence-corrected chi connectivity index (χ2v) is 9.80. The Hall–Kier alpha value is 1.16. The number of hydrogen-bond acceptors (Lipinski definition) is 0. The molecule has 0 saturated carbocycles. The first-order valence-electron chi connectivity index (χ1n) is 10.0. The van der Waals surface area contributed by atoms with Crippen LogP contribution in [0, 0.1) is 0 Å². The van der Waals surface area contributed by atoms with Crippen LogP contribution in [0.15, 0.2) is 0 Å². The molecule has 0 radical (unpaired) electrons. The van der Waals surface area contributed by atoms with Crippen LogP contribution < -0.4 is 0 Å². The molecule has 0 nitrogen and oxygen atoms in total. The first-order valence-corrected chi connectivity index (χ1v) is 11.8. The van der Waals surface area contributed by atoms with Gasteiger partial charge in [-0.05, 0) is 45.4 Å². The van der Waals surface area contributed by atoms with Crippen molar-refractivity contribution in [3.05, 3.63) is 0 Å². The van der Waals surface area contributed by atoms with E-state index in [1.807, 2.05) is 0 Å². The number of halogens is 4. The van der Waals surface area contributed by atoms with E-state index in [-0.39, 0.29) is 16.1 Å². The summed E-state index contributed by atoms with van der Waals surface area (Å²) in [5.74, 6) is 0. The van der Waals surface area contributed by atoms with Crippen LogP contribution in [0.4, 0.5) is 0 Å². The molecular formula is C20H38Cl4. The van der Waals surface area contributed by atoms with Gasteiger partial charge in [0.25, 0.3) is 0 Å². The van der Waals surface area contributed by atoms with Gasteiger partial charge in [0.1, 0.15) is 0 Å². The van der Waals surface area contributed by atoms with Crippen LogP contribution in [0.2, 0.25) is 0 Å². The molecule has 146 valence electrons. The van der Waals surface area contributed by atoms with Crippen LogP contribution in [0.25, 0.3) is 0 Å². The van der Waals surface area contributed by atoms with Crippen molar-refractivity contribution in [2.45, 2.75) is 125 Å². The van der Waals surface area contributed by atoms with Crippen molar-refractivity contribution in [3.63, 3.8) is 0 Å². The van der Waals surface area contributed by atoms with Crippen molar-refractivity contribution in [2.75, 3.05) is 0 Å². The van der Waals surface area contributed by atoms with Crippen molar-refractivity contribution in [3.8, 4) is 0 Å². The van der Waals surface area contributed by atoms with Gasteiger partial charge < -0.3 is 0 Å². The number of rotatable bonds is 17. The lowest BCUT2D eigenvalue weighted by Crippen LogP contribution is -2.07. The molecule has 0 fully saturated rings. The summed E-state index contributed by atoms with van der Waals surface area (Å²) in [6.07, 6.45) is 16.7. The van der Waals surface area contributed by atoms with Crippen molar-refractivity contribution in [1.82, 2.24) is 0 Å². The minimum absolute atomic E-state index is 0.247. The zero-order valence-electron chi connectivity index (χ0n) is 15.7. The minimum Gasteiger partial charge on any atom is -0.123 e. The monoisotopic (exact) mass is 418 g/mol. The van der Waals surface area contributed by atoms with E-state index in [4.69, 9.17) is 46.4 Å². The average Bonchev–Trinajstić information content (AvgIpc) is 2.52. The lowest BCUT2D eigenvalue weighted by atomic mass is 10.0. The van der Waals surface area contributed by atoms with Gasteiger partial charge in [0.05, 0.1) is 0 Å². The minimum atomic E-state index is 0.247. The van der Waals surface area contributed by atoms with Gasteiger partial charge >= 0.3 is 0 Å². The van der Waals surface area contributed by atoms with E-state index in [1.165, 1.54) is 44.9 Å². The lowest BCUT2D eigenvalue weighted by Gasteiger charge is -2.12. The summed E-state index contributed by atoms with van der Waals surface area (Å²) in [4.78, 5) is 0. The summed E-state index contributed by atoms with van der Waals surface area (Å²) in [7, 11) is 0. The van der Waals surface area contributed by atoms with E-state index in [2.05, 4.69) is 13.8 Å². The third-order valence-electron chi connectivity index (χ3n) is 4.61. The maximum absolute atomic E-state index is 6.36. The zero-order chi connectivity index (χ0) is 18.2. The van der Waals surface area contributed by atoms with E-state index in [9.17, 15) is 0 Å². The zero-order valence-corrected chi connectivity index (χ0v) is 18.7. The molecule has 0 rings (SSSR count). The van der Waals surface area contributed by atoms with Crippen LogP contribution in [0.1, 0.15) is 104 Å². The third kappa shape index (κ3) is 18.0. The largest absolute Gasteiger partial charge is 0.123 e. The summed E-state index contributed by atoms with van der Waals surface area (Å²) < 4.78 is 0. The van der Waals surface area contributed by atoms with Crippen molar-refractivity contribution in [2.24, 2.45) is 0 Å². The summed E-state index contributed by atoms with van der Waals surface area (Å²) in [6, 6.07) is 0. The highest BCUT2D eigenvalue weighted by Gasteiger charge is 2.10. The van der Waals surface area contributed by atoms with E-state index >= 15 is 0 Å². The molecule has 0 aromatic rings. The molecule has 4 unspecified atom stereocenters. The second-order valence-electron chi connectivity index (χ2n) is 7.20. The summed E-state index contributed by atoms with van der Waals surface area (Å²) >= 11 is 24.8. The Labute approximate surface area is 171 Å². The molecule has 0 aliphatic heterocycles. The Morgan fingerprint density at radius 3 is 1.50 bits per heavy atom. The number of unbranched alkanes of at least 4 members (excludes halogenated alkanes) is 6. The fourth-order valence-electron chi connectivity index (χ4n) is 2.94. The molecule has 0 aromatic carbocycles. The molecule has 0 aliphatic rings. The van der Waals surface area contributed by atoms with Gasteiger partial charge in [-0.2, -0.15) is 0 Å². The van der Waals surface area contributed by atoms with E-state index in [0.717, 1.165) is 44.9 Å². The molecule has 0 aromatic heterocycles. The molecule has 0 aliphatic carbocycles. The van der Waals surface area contributed by atoms with E-state index in [0.29, 0.717) is 5.38 Å². The molecule has 4 heteroatoms. The Morgan fingerprint density at radius 2 is 1.00 bits per heavy atom. The smallest absolute Gasteiger partial charge is 0.0350 e. The quantitative estimate of drug-likeness (QED) is 0.163. The Balaban J connectivity index is 3.27. The van der Waals surface area contributed by atoms with Crippen LogP contribution in [-0.2, 0) is 0 Å². The second kappa shape index (κ2) is 17.6. The molecule has 4 atom stereocenters. The van der Waals surface area contributed by atoms with Gasteiger partial charge in [-0.3, -0.25) is 0 Å². The maximum Gasteiger partial charge on any atom is 0.0350 e. The molecule has 0 heterocycles. The highest BCUT2D eigenvalue weighted by molar-refractivity contribution is 6.23. The van der Waals surface area contributed by atoms with Crippen molar-refractivity contribution < 1.29 is 0 Å². The van der Waals surface area contributed by atoms with Gasteiger partial charge in [0, 0.05) is 21.5 Å². The Bertz CT molecular complexity index is 258. The average molecular weight is 420 g/mol. The van der Waals surface area contributed by atoms with Crippen molar-refractivity contribution >= 4 is 46.4 Å². The van der Waals surface area contributed by atoms with Crippen LogP contribution in [0.3, 0.4) is 0 Å². The molecule has 0 bridgehead atoms. The first-order chi connectivity index (χ1) is 11.5. The maximum atomic E-state index is 6.36. The Morgan fingerprint density at radius 1 is 0.542 bits per heavy atom. The van der Waals surface area contributed by atoms with Gasteiger partial charge in [-0.15, -0.1) is 46.4 Å². The number of hydrogen-bond donors (Lipinski definition) is 0. The summed E-state index contributed by atoms with van der Waals surface area (Å²) in [5.41, 5.74) is 0. The van der Waals surface area contributed by atoms with Gasteiger partial charge in [-0.25, -0.2) is 0 Å². The first kappa shape index (κ1) is 25.2. The van der Waals surface area contributed by atoms with Crippen LogP contribution in [-0.4, -0.2) is 21.5 Å². The van der Waals surface area contributed by atoms with Crippen LogP contribution in [0.5, 0.6) is 0 Å². The van der Waals surface area contributed by atoms with Crippen LogP contribution >= 0.6 is 46.4 Å². The standard InChI is InChI=1S/C20H38Cl4/c1-3-18(22)16-20(24)14-10-8-6-4-5-7-9-13-19(23)15-11-12-17(2)21/h17-20H,3-16H2,1-2H3. The molecule has 24 heavy (non-hydrogen) atoms. The van der Waals surface area contributed by atoms with E-state index < -0.39 is 0 Å². The lowest BCUT2D eigenvalue weighted by molar-refractivity contribution is 0.531. The predicted molar refractivity (Wildman–Crippen MR) is 115 cm³/mol. The predicted octanol–water partition coefficient (Wildman–Crippen LogP) is 8.92. The highest BCUT2D eigenvalue weighted by atomic mass is 35.5. The number of alkyl halides is 4. The van der Waals surface area contributed by atoms with Gasteiger partial charge in [0.15, 0.2) is 0 Å². The summed E-state index contributed by atoms with van der Waals surface area (Å²) in [6.45, 7) is 4.17. The molecule has 0 saturated heterocycles. The normalized spacial score (nSPS) is 16.8. The van der Waals surface area contributed by atoms with E-state index in [1.54, 1.807) is 0 Å². The van der Waals surface area contributed by atoms with Gasteiger partial charge in [-0.1, -0.05) is 58.3 Å². The molecular weight excluding hydrogens is 382 g/mol. The SMILES string of the molecule is CCC(Cl)CC(Cl)CCCCCCCCCC(Cl)CCCC(C)Cl. The highest BCUT2D eigenvalue weighted by Crippen LogP contribution is 2.21. The van der Waals surface area contributed by atoms with Gasteiger partial charge in [0.2, 0.25) is 0 Å². The fourth-order valence-corrected chi connectivity index (χ4v) is 4.08. The fraction of sp³-hybridized carbons (Fsp3) is 1.00. The summed E-state index contributed by atoms with van der Waals surface area (Å²) in [5, 5.41) is 1.13. The molecule has 0 N–H and O–H groups in total. The molecule has 0 amide bonds.